The Morgan fingerprint density at radius 3 is 2.58 bits per heavy atom. The van der Waals surface area contributed by atoms with Crippen molar-refractivity contribution in [3.8, 4) is 0 Å². The average Bonchev–Trinajstić information content (AvgIpc) is 3.07. The highest BCUT2D eigenvalue weighted by Crippen LogP contribution is 2.24. The SMILES string of the molecule is NC1CCC(Nc2nc(Nc3ccccc3)c3n[nH]nc3n2)CC1. The van der Waals surface area contributed by atoms with E-state index in [1.54, 1.807) is 0 Å². The van der Waals surface area contributed by atoms with E-state index in [9.17, 15) is 0 Å². The lowest BCUT2D eigenvalue weighted by Crippen LogP contribution is -2.33. The van der Waals surface area contributed by atoms with Gasteiger partial charge in [-0.15, -0.1) is 5.10 Å². The number of fused-ring (bicyclic) bond motifs is 1. The van der Waals surface area contributed by atoms with Crippen LogP contribution in [0.15, 0.2) is 30.3 Å². The molecule has 0 saturated heterocycles. The van der Waals surface area contributed by atoms with Gasteiger partial charge < -0.3 is 16.4 Å². The van der Waals surface area contributed by atoms with Crippen LogP contribution in [0.25, 0.3) is 11.2 Å². The molecule has 8 heteroatoms. The maximum absolute atomic E-state index is 5.97. The zero-order valence-electron chi connectivity index (χ0n) is 13.2. The standard InChI is InChI=1S/C16H20N8/c17-10-6-8-12(9-7-10)19-16-20-14(13-15(21-16)23-24-22-13)18-11-4-2-1-3-5-11/h1-5,10,12H,6-9,17H2,(H3,18,19,20,21,22,23,24). The zero-order chi connectivity index (χ0) is 16.4. The zero-order valence-corrected chi connectivity index (χ0v) is 13.2. The summed E-state index contributed by atoms with van der Waals surface area (Å²) in [5.74, 6) is 1.20. The highest BCUT2D eigenvalue weighted by atomic mass is 15.4. The van der Waals surface area contributed by atoms with Gasteiger partial charge in [-0.2, -0.15) is 20.3 Å². The molecule has 124 valence electrons. The fourth-order valence-electron chi connectivity index (χ4n) is 3.00. The highest BCUT2D eigenvalue weighted by molar-refractivity contribution is 5.85. The van der Waals surface area contributed by atoms with Gasteiger partial charge >= 0.3 is 0 Å². The van der Waals surface area contributed by atoms with Gasteiger partial charge in [0.25, 0.3) is 0 Å². The molecule has 0 unspecified atom stereocenters. The van der Waals surface area contributed by atoms with Crippen LogP contribution < -0.4 is 16.4 Å². The minimum atomic E-state index is 0.317. The van der Waals surface area contributed by atoms with Crippen molar-refractivity contribution in [3.05, 3.63) is 30.3 Å². The van der Waals surface area contributed by atoms with Gasteiger partial charge in [0.05, 0.1) is 0 Å². The molecule has 5 N–H and O–H groups in total. The quantitative estimate of drug-likeness (QED) is 0.581. The number of H-pyrrole nitrogens is 1. The van der Waals surface area contributed by atoms with Crippen molar-refractivity contribution in [2.75, 3.05) is 10.6 Å². The number of nitrogens with one attached hydrogen (secondary N) is 3. The number of para-hydroxylation sites is 1. The third-order valence-electron chi connectivity index (χ3n) is 4.32. The van der Waals surface area contributed by atoms with Crippen LogP contribution >= 0.6 is 0 Å². The van der Waals surface area contributed by atoms with Crippen molar-refractivity contribution in [3.63, 3.8) is 0 Å². The molecule has 0 atom stereocenters. The third kappa shape index (κ3) is 3.13. The highest BCUT2D eigenvalue weighted by Gasteiger charge is 2.20. The maximum Gasteiger partial charge on any atom is 0.227 e. The van der Waals surface area contributed by atoms with Crippen molar-refractivity contribution in [2.45, 2.75) is 37.8 Å². The Morgan fingerprint density at radius 2 is 1.79 bits per heavy atom. The van der Waals surface area contributed by atoms with Crippen LogP contribution in [0.1, 0.15) is 25.7 Å². The Morgan fingerprint density at radius 1 is 1.00 bits per heavy atom. The van der Waals surface area contributed by atoms with Gasteiger partial charge in [0, 0.05) is 17.8 Å². The van der Waals surface area contributed by atoms with Gasteiger partial charge in [-0.25, -0.2) is 0 Å². The topological polar surface area (TPSA) is 117 Å². The van der Waals surface area contributed by atoms with E-state index in [0.717, 1.165) is 31.4 Å². The van der Waals surface area contributed by atoms with Gasteiger partial charge in [-0.1, -0.05) is 18.2 Å². The van der Waals surface area contributed by atoms with Crippen LogP contribution in [-0.4, -0.2) is 37.5 Å². The minimum absolute atomic E-state index is 0.317. The number of aromatic nitrogens is 5. The summed E-state index contributed by atoms with van der Waals surface area (Å²) in [5, 5.41) is 17.6. The summed E-state index contributed by atoms with van der Waals surface area (Å²) >= 11 is 0. The molecule has 3 aromatic rings. The van der Waals surface area contributed by atoms with Crippen molar-refractivity contribution in [1.29, 1.82) is 0 Å². The number of benzene rings is 1. The van der Waals surface area contributed by atoms with Crippen molar-refractivity contribution >= 4 is 28.6 Å². The smallest absolute Gasteiger partial charge is 0.227 e. The van der Waals surface area contributed by atoms with Gasteiger partial charge in [0.1, 0.15) is 0 Å². The maximum atomic E-state index is 5.97. The van der Waals surface area contributed by atoms with Crippen LogP contribution in [0.2, 0.25) is 0 Å². The Kier molecular flexibility index (Phi) is 3.96. The summed E-state index contributed by atoms with van der Waals surface area (Å²) in [6, 6.07) is 10.5. The first-order valence-corrected chi connectivity index (χ1v) is 8.20. The predicted octanol–water partition coefficient (Wildman–Crippen LogP) is 2.17. The molecule has 0 spiro atoms. The molecule has 1 saturated carbocycles. The molecule has 8 nitrogen and oxygen atoms in total. The van der Waals surface area contributed by atoms with Gasteiger partial charge in [-0.05, 0) is 37.8 Å². The van der Waals surface area contributed by atoms with Crippen LogP contribution in [0.4, 0.5) is 17.5 Å². The monoisotopic (exact) mass is 324 g/mol. The fraction of sp³-hybridized carbons (Fsp3) is 0.375. The molecule has 1 aliphatic carbocycles. The molecule has 1 aliphatic rings. The van der Waals surface area contributed by atoms with E-state index in [4.69, 9.17) is 5.73 Å². The Labute approximate surface area is 139 Å². The summed E-state index contributed by atoms with van der Waals surface area (Å²) in [6.45, 7) is 0. The van der Waals surface area contributed by atoms with Gasteiger partial charge in [-0.3, -0.25) is 0 Å². The number of nitrogens with two attached hydrogens (primary N) is 1. The van der Waals surface area contributed by atoms with Crippen LogP contribution in [0, 0.1) is 0 Å². The van der Waals surface area contributed by atoms with Crippen LogP contribution in [-0.2, 0) is 0 Å². The van der Waals surface area contributed by atoms with E-state index in [1.807, 2.05) is 30.3 Å². The largest absolute Gasteiger partial charge is 0.351 e. The predicted molar refractivity (Wildman–Crippen MR) is 93.1 cm³/mol. The summed E-state index contributed by atoms with van der Waals surface area (Å²) in [6.07, 6.45) is 4.11. The summed E-state index contributed by atoms with van der Waals surface area (Å²) in [5.41, 5.74) is 8.07. The normalized spacial score (nSPS) is 20.9. The first-order valence-electron chi connectivity index (χ1n) is 8.20. The number of rotatable bonds is 4. The first kappa shape index (κ1) is 14.8. The second-order valence-electron chi connectivity index (χ2n) is 6.14. The summed E-state index contributed by atoms with van der Waals surface area (Å²) < 4.78 is 0. The molecule has 2 heterocycles. The second-order valence-corrected chi connectivity index (χ2v) is 6.14. The fourth-order valence-corrected chi connectivity index (χ4v) is 3.00. The van der Waals surface area contributed by atoms with E-state index in [0.29, 0.717) is 35.0 Å². The minimum Gasteiger partial charge on any atom is -0.351 e. The molecule has 1 fully saturated rings. The molecule has 1 aromatic carbocycles. The van der Waals surface area contributed by atoms with Crippen LogP contribution in [0.5, 0.6) is 0 Å². The number of aromatic amines is 1. The molecule has 24 heavy (non-hydrogen) atoms. The van der Waals surface area contributed by atoms with E-state index in [1.165, 1.54) is 0 Å². The van der Waals surface area contributed by atoms with Crippen LogP contribution in [0.3, 0.4) is 0 Å². The lowest BCUT2D eigenvalue weighted by molar-refractivity contribution is 0.410. The van der Waals surface area contributed by atoms with Crippen molar-refractivity contribution in [1.82, 2.24) is 25.4 Å². The van der Waals surface area contributed by atoms with E-state index >= 15 is 0 Å². The third-order valence-corrected chi connectivity index (χ3v) is 4.32. The van der Waals surface area contributed by atoms with Crippen molar-refractivity contribution in [2.24, 2.45) is 5.73 Å². The molecule has 0 amide bonds. The van der Waals surface area contributed by atoms with E-state index < -0.39 is 0 Å². The van der Waals surface area contributed by atoms with Gasteiger partial charge in [0.15, 0.2) is 11.3 Å². The van der Waals surface area contributed by atoms with Crippen molar-refractivity contribution < 1.29 is 0 Å². The molecule has 2 aromatic heterocycles. The molecule has 0 radical (unpaired) electrons. The second kappa shape index (κ2) is 6.40. The van der Waals surface area contributed by atoms with E-state index in [-0.39, 0.29) is 0 Å². The lowest BCUT2D eigenvalue weighted by atomic mass is 9.92. The number of hydrogen-bond donors (Lipinski definition) is 4. The number of anilines is 3. The molecule has 0 bridgehead atoms. The molecular formula is C16H20N8. The lowest BCUT2D eigenvalue weighted by Gasteiger charge is -2.26. The molecular weight excluding hydrogens is 304 g/mol. The van der Waals surface area contributed by atoms with E-state index in [2.05, 4.69) is 36.0 Å². The summed E-state index contributed by atoms with van der Waals surface area (Å²) in [7, 11) is 0. The van der Waals surface area contributed by atoms with Gasteiger partial charge in [0.2, 0.25) is 11.6 Å². The average molecular weight is 324 g/mol. The molecule has 4 rings (SSSR count). The number of hydrogen-bond acceptors (Lipinski definition) is 7. The Hall–Kier alpha value is -2.74. The Bertz CT molecular complexity index is 807. The molecule has 0 aliphatic heterocycles. The Balaban J connectivity index is 1.60. The summed E-state index contributed by atoms with van der Waals surface area (Å²) in [4.78, 5) is 9.05. The number of nitrogens with zero attached hydrogens (tertiary/aromatic N) is 4. The first-order chi connectivity index (χ1) is 11.8.